The summed E-state index contributed by atoms with van der Waals surface area (Å²) in [6, 6.07) is 12.5. The van der Waals surface area contributed by atoms with Crippen LogP contribution in [0.1, 0.15) is 23.5 Å². The van der Waals surface area contributed by atoms with Crippen LogP contribution < -0.4 is 10.1 Å². The molecule has 7 heteroatoms. The molecule has 2 aliphatic heterocycles. The molecule has 1 saturated heterocycles. The molecule has 4 rings (SSSR count). The zero-order valence-electron chi connectivity index (χ0n) is 16.4. The number of para-hydroxylation sites is 1. The number of hydrogen-bond donors (Lipinski definition) is 1. The summed E-state index contributed by atoms with van der Waals surface area (Å²) in [5.74, 6) is -0.680. The first-order valence-electron chi connectivity index (χ1n) is 9.77. The van der Waals surface area contributed by atoms with E-state index in [1.807, 2.05) is 35.2 Å². The fraction of sp³-hybridized carbons (Fsp3) is 0.364. The molecule has 0 aromatic heterocycles. The van der Waals surface area contributed by atoms with Crippen molar-refractivity contribution in [2.45, 2.75) is 18.9 Å². The Kier molecular flexibility index (Phi) is 5.49. The molecule has 0 radical (unpaired) electrons. The number of piperazine rings is 1. The zero-order valence-corrected chi connectivity index (χ0v) is 16.4. The average Bonchev–Trinajstić information content (AvgIpc) is 2.73. The highest BCUT2D eigenvalue weighted by Crippen LogP contribution is 2.33. The van der Waals surface area contributed by atoms with Crippen LogP contribution in [0.25, 0.3) is 0 Å². The number of fused-ring (bicyclic) bond motifs is 1. The number of carbonyl (C=O) groups excluding carboxylic acids is 2. The minimum atomic E-state index is -0.429. The fourth-order valence-electron chi connectivity index (χ4n) is 4.04. The molecular formula is C22H24FN3O3. The van der Waals surface area contributed by atoms with E-state index < -0.39 is 5.92 Å². The van der Waals surface area contributed by atoms with E-state index in [1.54, 1.807) is 6.07 Å². The molecule has 0 spiro atoms. The molecule has 152 valence electrons. The van der Waals surface area contributed by atoms with Crippen LogP contribution in [0.5, 0.6) is 5.75 Å². The lowest BCUT2D eigenvalue weighted by molar-refractivity contribution is -0.136. The summed E-state index contributed by atoms with van der Waals surface area (Å²) in [5, 5.41) is 2.84. The summed E-state index contributed by atoms with van der Waals surface area (Å²) in [5.41, 5.74) is 2.48. The third kappa shape index (κ3) is 4.10. The van der Waals surface area contributed by atoms with Gasteiger partial charge in [-0.05, 0) is 29.3 Å². The fourth-order valence-corrected chi connectivity index (χ4v) is 4.04. The Labute approximate surface area is 169 Å². The first-order valence-corrected chi connectivity index (χ1v) is 9.77. The highest BCUT2D eigenvalue weighted by molar-refractivity contribution is 6.01. The molecule has 2 aromatic rings. The van der Waals surface area contributed by atoms with Crippen molar-refractivity contribution in [3.8, 4) is 5.75 Å². The Balaban J connectivity index is 1.38. The zero-order chi connectivity index (χ0) is 20.4. The molecule has 0 saturated carbocycles. The van der Waals surface area contributed by atoms with Gasteiger partial charge in [0.05, 0.1) is 13.0 Å². The molecule has 1 unspecified atom stereocenters. The number of ether oxygens (including phenoxy) is 1. The summed E-state index contributed by atoms with van der Waals surface area (Å²) in [4.78, 5) is 29.2. The number of anilines is 1. The summed E-state index contributed by atoms with van der Waals surface area (Å²) in [6.45, 7) is 3.23. The first-order chi connectivity index (χ1) is 14.0. The molecule has 2 heterocycles. The number of hydrogen-bond acceptors (Lipinski definition) is 4. The van der Waals surface area contributed by atoms with Crippen LogP contribution in [0.3, 0.4) is 0 Å². The number of benzene rings is 2. The van der Waals surface area contributed by atoms with Crippen LogP contribution >= 0.6 is 0 Å². The Morgan fingerprint density at radius 2 is 1.93 bits per heavy atom. The van der Waals surface area contributed by atoms with Gasteiger partial charge in [0, 0.05) is 44.8 Å². The predicted molar refractivity (Wildman–Crippen MR) is 107 cm³/mol. The smallest absolute Gasteiger partial charge is 0.230 e. The quantitative estimate of drug-likeness (QED) is 0.862. The molecule has 2 aliphatic rings. The van der Waals surface area contributed by atoms with Crippen LogP contribution in [-0.2, 0) is 16.1 Å². The van der Waals surface area contributed by atoms with Gasteiger partial charge in [0.15, 0.2) is 11.6 Å². The number of nitrogens with one attached hydrogen (secondary N) is 1. The molecule has 6 nitrogen and oxygen atoms in total. The van der Waals surface area contributed by atoms with E-state index in [4.69, 9.17) is 4.74 Å². The second-order valence-corrected chi connectivity index (χ2v) is 7.46. The van der Waals surface area contributed by atoms with Crippen LogP contribution in [0, 0.1) is 5.82 Å². The van der Waals surface area contributed by atoms with Gasteiger partial charge in [-0.2, -0.15) is 0 Å². The molecule has 1 atom stereocenters. The van der Waals surface area contributed by atoms with Gasteiger partial charge in [-0.1, -0.05) is 24.3 Å². The van der Waals surface area contributed by atoms with Crippen molar-refractivity contribution in [1.82, 2.24) is 9.80 Å². The Bertz CT molecular complexity index is 925. The van der Waals surface area contributed by atoms with E-state index in [2.05, 4.69) is 10.2 Å². The highest BCUT2D eigenvalue weighted by atomic mass is 19.1. The Morgan fingerprint density at radius 1 is 1.17 bits per heavy atom. The molecule has 0 bridgehead atoms. The van der Waals surface area contributed by atoms with Crippen LogP contribution in [-0.4, -0.2) is 54.9 Å². The number of nitrogens with zero attached hydrogens (tertiary/aromatic N) is 2. The number of halogens is 1. The lowest BCUT2D eigenvalue weighted by Crippen LogP contribution is -2.50. The molecule has 2 amide bonds. The third-order valence-corrected chi connectivity index (χ3v) is 5.60. The monoisotopic (exact) mass is 397 g/mol. The minimum Gasteiger partial charge on any atom is -0.494 e. The second kappa shape index (κ2) is 8.21. The first kappa shape index (κ1) is 19.4. The molecule has 1 N–H and O–H groups in total. The lowest BCUT2D eigenvalue weighted by atomic mass is 9.89. The normalized spacial score (nSPS) is 19.4. The standard InChI is InChI=1S/C22H24FN3O3/c1-29-20-7-6-15(12-18(20)23)14-25-8-10-26(11-9-25)22(28)17-13-21(27)24-19-5-3-2-4-16(17)19/h2-7,12,17H,8-11,13-14H2,1H3,(H,24,27). The van der Waals surface area contributed by atoms with Gasteiger partial charge < -0.3 is 15.0 Å². The Hall–Kier alpha value is -2.93. The van der Waals surface area contributed by atoms with E-state index in [-0.39, 0.29) is 29.8 Å². The predicted octanol–water partition coefficient (Wildman–Crippen LogP) is 2.60. The maximum Gasteiger partial charge on any atom is 0.230 e. The van der Waals surface area contributed by atoms with Crippen molar-refractivity contribution >= 4 is 17.5 Å². The van der Waals surface area contributed by atoms with Crippen LogP contribution in [0.15, 0.2) is 42.5 Å². The van der Waals surface area contributed by atoms with Gasteiger partial charge in [0.1, 0.15) is 0 Å². The van der Waals surface area contributed by atoms with E-state index in [9.17, 15) is 14.0 Å². The summed E-state index contributed by atoms with van der Waals surface area (Å²) in [7, 11) is 1.45. The van der Waals surface area contributed by atoms with Crippen molar-refractivity contribution < 1.29 is 18.7 Å². The van der Waals surface area contributed by atoms with Gasteiger partial charge in [-0.25, -0.2) is 4.39 Å². The maximum atomic E-state index is 13.9. The van der Waals surface area contributed by atoms with Gasteiger partial charge in [0.25, 0.3) is 0 Å². The summed E-state index contributed by atoms with van der Waals surface area (Å²) < 4.78 is 18.9. The van der Waals surface area contributed by atoms with Gasteiger partial charge in [0.2, 0.25) is 11.8 Å². The van der Waals surface area contributed by atoms with Crippen molar-refractivity contribution in [1.29, 1.82) is 0 Å². The van der Waals surface area contributed by atoms with E-state index >= 15 is 0 Å². The van der Waals surface area contributed by atoms with Crippen LogP contribution in [0.4, 0.5) is 10.1 Å². The lowest BCUT2D eigenvalue weighted by Gasteiger charge is -2.37. The van der Waals surface area contributed by atoms with Gasteiger partial charge >= 0.3 is 0 Å². The van der Waals surface area contributed by atoms with E-state index in [1.165, 1.54) is 13.2 Å². The Morgan fingerprint density at radius 3 is 2.66 bits per heavy atom. The molecule has 0 aliphatic carbocycles. The van der Waals surface area contributed by atoms with E-state index in [0.29, 0.717) is 32.7 Å². The molecular weight excluding hydrogens is 373 g/mol. The molecule has 29 heavy (non-hydrogen) atoms. The second-order valence-electron chi connectivity index (χ2n) is 7.46. The van der Waals surface area contributed by atoms with Gasteiger partial charge in [-0.15, -0.1) is 0 Å². The topological polar surface area (TPSA) is 61.9 Å². The molecule has 2 aromatic carbocycles. The number of amides is 2. The van der Waals surface area contributed by atoms with Crippen molar-refractivity contribution in [2.75, 3.05) is 38.6 Å². The largest absolute Gasteiger partial charge is 0.494 e. The SMILES string of the molecule is COc1ccc(CN2CCN(C(=O)C3CC(=O)Nc4ccccc43)CC2)cc1F. The van der Waals surface area contributed by atoms with Crippen molar-refractivity contribution in [3.63, 3.8) is 0 Å². The number of rotatable bonds is 4. The average molecular weight is 397 g/mol. The van der Waals surface area contributed by atoms with Crippen molar-refractivity contribution in [2.24, 2.45) is 0 Å². The van der Waals surface area contributed by atoms with Gasteiger partial charge in [-0.3, -0.25) is 14.5 Å². The maximum absolute atomic E-state index is 13.9. The highest BCUT2D eigenvalue weighted by Gasteiger charge is 2.34. The third-order valence-electron chi connectivity index (χ3n) is 5.60. The minimum absolute atomic E-state index is 0.00226. The molecule has 1 fully saturated rings. The number of methoxy groups -OCH3 is 1. The van der Waals surface area contributed by atoms with Crippen molar-refractivity contribution in [3.05, 3.63) is 59.4 Å². The summed E-state index contributed by atoms with van der Waals surface area (Å²) >= 11 is 0. The summed E-state index contributed by atoms with van der Waals surface area (Å²) in [6.07, 6.45) is 0.182. The van der Waals surface area contributed by atoms with Crippen LogP contribution in [0.2, 0.25) is 0 Å². The number of carbonyl (C=O) groups is 2. The van der Waals surface area contributed by atoms with E-state index in [0.717, 1.165) is 16.8 Å².